The molecule has 8 nitrogen and oxygen atoms in total. The Balaban J connectivity index is 1.41. The molecule has 26 heavy (non-hydrogen) atoms. The Morgan fingerprint density at radius 3 is 2.88 bits per heavy atom. The molecule has 1 fully saturated rings. The van der Waals surface area contributed by atoms with E-state index in [1.165, 1.54) is 0 Å². The average Bonchev–Trinajstić information content (AvgIpc) is 3.37. The van der Waals surface area contributed by atoms with E-state index in [0.29, 0.717) is 31.8 Å². The van der Waals surface area contributed by atoms with Crippen LogP contribution in [0, 0.1) is 0 Å². The number of benzene rings is 1. The number of hydrogen-bond donors (Lipinski definition) is 0. The molecule has 2 aromatic heterocycles. The molecule has 0 radical (unpaired) electrons. The first kappa shape index (κ1) is 16.7. The minimum Gasteiger partial charge on any atom is -0.441 e. The lowest BCUT2D eigenvalue weighted by molar-refractivity contribution is -0.130. The Morgan fingerprint density at radius 2 is 2.15 bits per heavy atom. The van der Waals surface area contributed by atoms with E-state index in [1.54, 1.807) is 6.20 Å². The number of hydrogen-bond acceptors (Lipinski definition) is 6. The minimum atomic E-state index is 0.112. The predicted molar refractivity (Wildman–Crippen MR) is 95.4 cm³/mol. The Bertz CT molecular complexity index is 855. The molecule has 8 heteroatoms. The number of likely N-dealkylation sites (N-methyl/N-ethyl adjacent to an activating group) is 1. The maximum atomic E-state index is 12.7. The third-order valence-electron chi connectivity index (χ3n) is 4.95. The van der Waals surface area contributed by atoms with Crippen molar-refractivity contribution in [1.29, 1.82) is 0 Å². The van der Waals surface area contributed by atoms with Crippen LogP contribution in [0.5, 0.6) is 0 Å². The van der Waals surface area contributed by atoms with Gasteiger partial charge in [0.2, 0.25) is 5.91 Å². The number of carbonyl (C=O) groups excluding carboxylic acids is 1. The van der Waals surface area contributed by atoms with E-state index in [-0.39, 0.29) is 18.0 Å². The van der Waals surface area contributed by atoms with E-state index in [2.05, 4.69) is 20.2 Å². The lowest BCUT2D eigenvalue weighted by atomic mass is 10.1. The zero-order valence-electron chi connectivity index (χ0n) is 14.9. The first-order valence-corrected chi connectivity index (χ1v) is 8.76. The Kier molecular flexibility index (Phi) is 4.42. The van der Waals surface area contributed by atoms with Crippen LogP contribution < -0.4 is 0 Å². The van der Waals surface area contributed by atoms with E-state index in [9.17, 15) is 4.79 Å². The van der Waals surface area contributed by atoms with Gasteiger partial charge in [0.25, 0.3) is 0 Å². The first-order valence-electron chi connectivity index (χ1n) is 8.76. The summed E-state index contributed by atoms with van der Waals surface area (Å²) >= 11 is 0. The number of nitrogens with zero attached hydrogens (tertiary/aromatic N) is 6. The van der Waals surface area contributed by atoms with Crippen molar-refractivity contribution >= 4 is 17.0 Å². The molecule has 0 spiro atoms. The van der Waals surface area contributed by atoms with Gasteiger partial charge in [-0.1, -0.05) is 17.3 Å². The van der Waals surface area contributed by atoms with Crippen molar-refractivity contribution in [2.24, 2.45) is 0 Å². The lowest BCUT2D eigenvalue weighted by Crippen LogP contribution is -2.37. The third-order valence-corrected chi connectivity index (χ3v) is 4.95. The molecule has 4 rings (SSSR count). The summed E-state index contributed by atoms with van der Waals surface area (Å²) in [4.78, 5) is 21.2. The molecule has 0 saturated carbocycles. The van der Waals surface area contributed by atoms with Gasteiger partial charge in [0, 0.05) is 32.1 Å². The van der Waals surface area contributed by atoms with Crippen LogP contribution in [0.1, 0.15) is 18.4 Å². The van der Waals surface area contributed by atoms with E-state index >= 15 is 0 Å². The van der Waals surface area contributed by atoms with Crippen LogP contribution in [0.25, 0.3) is 11.1 Å². The monoisotopic (exact) mass is 354 g/mol. The number of para-hydroxylation sites is 2. The number of aromatic nitrogens is 4. The Morgan fingerprint density at radius 1 is 1.31 bits per heavy atom. The van der Waals surface area contributed by atoms with Crippen LogP contribution in [-0.2, 0) is 11.2 Å². The summed E-state index contributed by atoms with van der Waals surface area (Å²) in [5.74, 6) is 0.720. The Labute approximate surface area is 151 Å². The summed E-state index contributed by atoms with van der Waals surface area (Å²) in [5.41, 5.74) is 1.59. The second-order valence-corrected chi connectivity index (χ2v) is 6.86. The van der Waals surface area contributed by atoms with Crippen LogP contribution >= 0.6 is 0 Å². The van der Waals surface area contributed by atoms with Crippen LogP contribution in [-0.4, -0.2) is 68.9 Å². The van der Waals surface area contributed by atoms with Crippen molar-refractivity contribution in [3.8, 4) is 0 Å². The van der Waals surface area contributed by atoms with Gasteiger partial charge in [0.1, 0.15) is 5.52 Å². The molecule has 1 saturated heterocycles. The number of amides is 1. The van der Waals surface area contributed by atoms with Crippen LogP contribution in [0.3, 0.4) is 0 Å². The zero-order chi connectivity index (χ0) is 18.1. The first-order chi connectivity index (χ1) is 12.6. The van der Waals surface area contributed by atoms with Crippen molar-refractivity contribution < 1.29 is 9.21 Å². The van der Waals surface area contributed by atoms with E-state index in [0.717, 1.165) is 11.1 Å². The second-order valence-electron chi connectivity index (χ2n) is 6.86. The summed E-state index contributed by atoms with van der Waals surface area (Å²) in [6.07, 6.45) is 4.42. The molecule has 1 aliphatic heterocycles. The molecule has 0 bridgehead atoms. The molecular formula is C18H22N6O2. The SMILES string of the molecule is CN(C)[C@@H]1CN(C(=O)CCc2nc3ccccc3o2)C[C@@H]1n1ccnn1. The molecule has 1 aromatic carbocycles. The summed E-state index contributed by atoms with van der Waals surface area (Å²) in [6.45, 7) is 1.32. The number of likely N-dealkylation sites (tertiary alicyclic amines) is 1. The highest BCUT2D eigenvalue weighted by Crippen LogP contribution is 2.25. The molecule has 2 atom stereocenters. The summed E-state index contributed by atoms with van der Waals surface area (Å²) in [6, 6.07) is 7.97. The molecule has 1 aliphatic rings. The van der Waals surface area contributed by atoms with E-state index < -0.39 is 0 Å². The maximum absolute atomic E-state index is 12.7. The fourth-order valence-electron chi connectivity index (χ4n) is 3.53. The fraction of sp³-hybridized carbons (Fsp3) is 0.444. The molecular weight excluding hydrogens is 332 g/mol. The largest absolute Gasteiger partial charge is 0.441 e. The third kappa shape index (κ3) is 3.20. The van der Waals surface area contributed by atoms with Gasteiger partial charge in [-0.2, -0.15) is 0 Å². The topological polar surface area (TPSA) is 80.3 Å². The quantitative estimate of drug-likeness (QED) is 0.688. The normalized spacial score (nSPS) is 20.3. The van der Waals surface area contributed by atoms with Gasteiger partial charge < -0.3 is 14.2 Å². The lowest BCUT2D eigenvalue weighted by Gasteiger charge is -2.24. The van der Waals surface area contributed by atoms with Crippen molar-refractivity contribution in [1.82, 2.24) is 29.8 Å². The van der Waals surface area contributed by atoms with Crippen LogP contribution in [0.15, 0.2) is 41.1 Å². The highest BCUT2D eigenvalue weighted by molar-refractivity contribution is 5.77. The highest BCUT2D eigenvalue weighted by Gasteiger charge is 2.37. The number of oxazole rings is 1. The number of carbonyl (C=O) groups is 1. The van der Waals surface area contributed by atoms with E-state index in [4.69, 9.17) is 4.42 Å². The molecule has 3 heterocycles. The summed E-state index contributed by atoms with van der Waals surface area (Å²) in [5, 5.41) is 8.02. The molecule has 0 aliphatic carbocycles. The van der Waals surface area contributed by atoms with Gasteiger partial charge in [-0.25, -0.2) is 9.67 Å². The van der Waals surface area contributed by atoms with Gasteiger partial charge in [0.05, 0.1) is 18.3 Å². The summed E-state index contributed by atoms with van der Waals surface area (Å²) < 4.78 is 7.55. The van der Waals surface area contributed by atoms with Crippen molar-refractivity contribution in [2.45, 2.75) is 24.9 Å². The number of fused-ring (bicyclic) bond motifs is 1. The highest BCUT2D eigenvalue weighted by atomic mass is 16.3. The average molecular weight is 354 g/mol. The van der Waals surface area contributed by atoms with Crippen LogP contribution in [0.4, 0.5) is 0 Å². The van der Waals surface area contributed by atoms with Crippen molar-refractivity contribution in [3.63, 3.8) is 0 Å². The second kappa shape index (κ2) is 6.87. The van der Waals surface area contributed by atoms with Gasteiger partial charge in [0.15, 0.2) is 11.5 Å². The summed E-state index contributed by atoms with van der Waals surface area (Å²) in [7, 11) is 4.06. The molecule has 136 valence electrons. The number of rotatable bonds is 5. The van der Waals surface area contributed by atoms with Crippen LogP contribution in [0.2, 0.25) is 0 Å². The fourth-order valence-corrected chi connectivity index (χ4v) is 3.53. The molecule has 0 N–H and O–H groups in total. The molecule has 0 unspecified atom stereocenters. The smallest absolute Gasteiger partial charge is 0.223 e. The van der Waals surface area contributed by atoms with Gasteiger partial charge in [-0.15, -0.1) is 5.10 Å². The maximum Gasteiger partial charge on any atom is 0.223 e. The molecule has 1 amide bonds. The van der Waals surface area contributed by atoms with Gasteiger partial charge in [-0.3, -0.25) is 4.79 Å². The Hall–Kier alpha value is -2.74. The van der Waals surface area contributed by atoms with Crippen molar-refractivity contribution in [3.05, 3.63) is 42.5 Å². The van der Waals surface area contributed by atoms with Crippen molar-refractivity contribution in [2.75, 3.05) is 27.2 Å². The molecule has 3 aromatic rings. The zero-order valence-corrected chi connectivity index (χ0v) is 14.9. The predicted octanol–water partition coefficient (Wildman–Crippen LogP) is 1.37. The van der Waals surface area contributed by atoms with E-state index in [1.807, 2.05) is 54.1 Å². The van der Waals surface area contributed by atoms with Gasteiger partial charge in [-0.05, 0) is 26.2 Å². The number of aryl methyl sites for hydroxylation is 1. The van der Waals surface area contributed by atoms with Gasteiger partial charge >= 0.3 is 0 Å². The standard InChI is InChI=1S/C18H22N6O2/c1-22(2)14-11-23(12-15(14)24-10-9-19-21-24)18(25)8-7-17-20-13-5-3-4-6-16(13)26-17/h3-6,9-10,14-15H,7-8,11-12H2,1-2H3/t14-,15+/m1/s1. The minimum absolute atomic E-state index is 0.112.